The molecule has 1 unspecified atom stereocenters. The van der Waals surface area contributed by atoms with Gasteiger partial charge in [-0.25, -0.2) is 0 Å². The van der Waals surface area contributed by atoms with Gasteiger partial charge in [-0.05, 0) is 22.5 Å². The molecule has 0 N–H and O–H groups in total. The van der Waals surface area contributed by atoms with Crippen molar-refractivity contribution in [3.63, 3.8) is 0 Å². The predicted molar refractivity (Wildman–Crippen MR) is 75.8 cm³/mol. The first-order valence-electron chi connectivity index (χ1n) is 6.01. The smallest absolute Gasteiger partial charge is 0.0751 e. The van der Waals surface area contributed by atoms with Gasteiger partial charge in [-0.3, -0.25) is 0 Å². The number of hydrogen-bond donors (Lipinski definition) is 0. The molecule has 0 fully saturated rings. The molecule has 0 bridgehead atoms. The van der Waals surface area contributed by atoms with Crippen molar-refractivity contribution in [3.8, 4) is 0 Å². The van der Waals surface area contributed by atoms with Gasteiger partial charge in [0.15, 0.2) is 0 Å². The Morgan fingerprint density at radius 1 is 1.19 bits per heavy atom. The van der Waals surface area contributed by atoms with Crippen LogP contribution in [0.1, 0.15) is 41.5 Å². The molecule has 2 radical (unpaired) electrons. The Morgan fingerprint density at radius 2 is 1.69 bits per heavy atom. The molecule has 1 heteroatoms. The summed E-state index contributed by atoms with van der Waals surface area (Å²) in [7, 11) is 5.76. The summed E-state index contributed by atoms with van der Waals surface area (Å²) in [6, 6.07) is 0. The van der Waals surface area contributed by atoms with Gasteiger partial charge in [-0.1, -0.05) is 72.2 Å². The van der Waals surface area contributed by atoms with Crippen LogP contribution >= 0.6 is 0 Å². The highest BCUT2D eigenvalue weighted by atomic mass is 14.2. The third-order valence-corrected chi connectivity index (χ3v) is 2.52. The molecule has 0 nitrogen and oxygen atoms in total. The molecule has 0 aliphatic carbocycles. The minimum Gasteiger partial charge on any atom is -0.0988 e. The Balaban J connectivity index is 5.44. The van der Waals surface area contributed by atoms with Crippen molar-refractivity contribution in [2.45, 2.75) is 47.4 Å². The van der Waals surface area contributed by atoms with E-state index in [2.05, 4.69) is 47.3 Å². The lowest BCUT2D eigenvalue weighted by Crippen LogP contribution is -2.12. The highest BCUT2D eigenvalue weighted by Gasteiger charge is 2.18. The zero-order chi connectivity index (χ0) is 12.9. The van der Waals surface area contributed by atoms with Crippen LogP contribution in [0.4, 0.5) is 0 Å². The number of allylic oxidation sites excluding steroid dienone is 5. The average Bonchev–Trinajstić information content (AvgIpc) is 2.08. The summed E-state index contributed by atoms with van der Waals surface area (Å²) in [4.78, 5) is 0. The summed E-state index contributed by atoms with van der Waals surface area (Å²) in [6.45, 7) is 17.0. The Morgan fingerprint density at radius 3 is 1.94 bits per heavy atom. The maximum absolute atomic E-state index is 5.76. The standard InChI is InChI=1S/C15H25B/c1-8-14(15(5,6)7)13(11(2)3)10-9-12(4)16/h8-12H,1H2,2-7H3/b10-9-,14-13-. The van der Waals surface area contributed by atoms with E-state index < -0.39 is 0 Å². The fourth-order valence-corrected chi connectivity index (χ4v) is 1.71. The molecule has 0 spiro atoms. The van der Waals surface area contributed by atoms with E-state index in [0.717, 1.165) is 0 Å². The van der Waals surface area contributed by atoms with Crippen molar-refractivity contribution in [1.29, 1.82) is 0 Å². The second-order valence-electron chi connectivity index (χ2n) is 5.70. The summed E-state index contributed by atoms with van der Waals surface area (Å²) in [5, 5.41) is 0. The van der Waals surface area contributed by atoms with E-state index >= 15 is 0 Å². The number of hydrogen-bond acceptors (Lipinski definition) is 0. The Labute approximate surface area is 103 Å². The summed E-state index contributed by atoms with van der Waals surface area (Å²) in [5.41, 5.74) is 2.77. The van der Waals surface area contributed by atoms with E-state index in [1.165, 1.54) is 11.1 Å². The van der Waals surface area contributed by atoms with E-state index in [1.807, 2.05) is 19.1 Å². The summed E-state index contributed by atoms with van der Waals surface area (Å²) in [5.74, 6) is 0.585. The molecule has 0 amide bonds. The first-order valence-corrected chi connectivity index (χ1v) is 6.01. The van der Waals surface area contributed by atoms with Gasteiger partial charge in [0.25, 0.3) is 0 Å². The van der Waals surface area contributed by atoms with Gasteiger partial charge in [0.1, 0.15) is 0 Å². The Hall–Kier alpha value is -0.715. The second-order valence-corrected chi connectivity index (χ2v) is 5.70. The van der Waals surface area contributed by atoms with Crippen LogP contribution in [-0.2, 0) is 0 Å². The maximum Gasteiger partial charge on any atom is 0.0751 e. The Kier molecular flexibility index (Phi) is 5.85. The zero-order valence-electron chi connectivity index (χ0n) is 11.7. The van der Waals surface area contributed by atoms with Crippen molar-refractivity contribution >= 4 is 7.85 Å². The molecule has 0 aliphatic rings. The normalized spacial score (nSPS) is 16.4. The topological polar surface area (TPSA) is 0 Å². The summed E-state index contributed by atoms with van der Waals surface area (Å²) >= 11 is 0. The molecular formula is C15H25B. The van der Waals surface area contributed by atoms with Crippen LogP contribution in [0.5, 0.6) is 0 Å². The minimum atomic E-state index is 0.0970. The molecule has 0 rings (SSSR count). The molecule has 0 saturated carbocycles. The third kappa shape index (κ3) is 4.87. The average molecular weight is 216 g/mol. The van der Waals surface area contributed by atoms with Crippen molar-refractivity contribution in [2.75, 3.05) is 0 Å². The first kappa shape index (κ1) is 15.3. The first-order chi connectivity index (χ1) is 7.20. The lowest BCUT2D eigenvalue weighted by molar-refractivity contribution is 0.506. The largest absolute Gasteiger partial charge is 0.0988 e. The second kappa shape index (κ2) is 6.13. The van der Waals surface area contributed by atoms with Crippen molar-refractivity contribution in [1.82, 2.24) is 0 Å². The van der Waals surface area contributed by atoms with Gasteiger partial charge in [0.2, 0.25) is 0 Å². The minimum absolute atomic E-state index is 0.0970. The lowest BCUT2D eigenvalue weighted by atomic mass is 9.79. The van der Waals surface area contributed by atoms with E-state index in [4.69, 9.17) is 7.85 Å². The molecular weight excluding hydrogens is 191 g/mol. The summed E-state index contributed by atoms with van der Waals surface area (Å²) < 4.78 is 0. The molecule has 0 aromatic rings. The van der Waals surface area contributed by atoms with Gasteiger partial charge in [-0.15, -0.1) is 0 Å². The van der Waals surface area contributed by atoms with Crippen LogP contribution in [0.2, 0.25) is 5.82 Å². The zero-order valence-corrected chi connectivity index (χ0v) is 11.7. The SMILES string of the molecule is [B]C(C)/C=C\C(=C(/C=C)C(C)(C)C)C(C)C. The molecule has 0 aliphatic heterocycles. The molecule has 88 valence electrons. The van der Waals surface area contributed by atoms with Crippen molar-refractivity contribution in [3.05, 3.63) is 36.0 Å². The van der Waals surface area contributed by atoms with E-state index in [0.29, 0.717) is 5.92 Å². The van der Waals surface area contributed by atoms with Crippen LogP contribution < -0.4 is 0 Å². The van der Waals surface area contributed by atoms with Crippen molar-refractivity contribution < 1.29 is 0 Å². The fourth-order valence-electron chi connectivity index (χ4n) is 1.71. The predicted octanol–water partition coefficient (Wildman–Crippen LogP) is 4.70. The van der Waals surface area contributed by atoms with Gasteiger partial charge < -0.3 is 0 Å². The van der Waals surface area contributed by atoms with Crippen LogP contribution in [0, 0.1) is 11.3 Å². The van der Waals surface area contributed by atoms with Gasteiger partial charge in [-0.2, -0.15) is 0 Å². The fraction of sp³-hybridized carbons (Fsp3) is 0.600. The van der Waals surface area contributed by atoms with Crippen LogP contribution in [0.3, 0.4) is 0 Å². The van der Waals surface area contributed by atoms with Crippen molar-refractivity contribution in [2.24, 2.45) is 11.3 Å². The monoisotopic (exact) mass is 216 g/mol. The van der Waals surface area contributed by atoms with Crippen LogP contribution in [-0.4, -0.2) is 7.85 Å². The summed E-state index contributed by atoms with van der Waals surface area (Å²) in [6.07, 6.45) is 6.17. The van der Waals surface area contributed by atoms with E-state index in [-0.39, 0.29) is 11.2 Å². The highest BCUT2D eigenvalue weighted by Crippen LogP contribution is 2.32. The Bertz CT molecular complexity index is 285. The molecule has 0 saturated heterocycles. The van der Waals surface area contributed by atoms with Gasteiger partial charge in [0.05, 0.1) is 7.85 Å². The van der Waals surface area contributed by atoms with Gasteiger partial charge >= 0.3 is 0 Å². The molecule has 16 heavy (non-hydrogen) atoms. The van der Waals surface area contributed by atoms with Gasteiger partial charge in [0, 0.05) is 0 Å². The van der Waals surface area contributed by atoms with E-state index in [9.17, 15) is 0 Å². The quantitative estimate of drug-likeness (QED) is 0.471. The molecule has 0 aromatic heterocycles. The lowest BCUT2D eigenvalue weighted by Gasteiger charge is -2.25. The number of rotatable bonds is 4. The highest BCUT2D eigenvalue weighted by molar-refractivity contribution is 6.12. The maximum atomic E-state index is 5.76. The molecule has 0 heterocycles. The third-order valence-electron chi connectivity index (χ3n) is 2.52. The molecule has 1 atom stereocenters. The van der Waals surface area contributed by atoms with Crippen LogP contribution in [0.25, 0.3) is 0 Å². The van der Waals surface area contributed by atoms with E-state index in [1.54, 1.807) is 0 Å². The molecule has 0 aromatic carbocycles. The van der Waals surface area contributed by atoms with Crippen LogP contribution in [0.15, 0.2) is 36.0 Å².